The van der Waals surface area contributed by atoms with Crippen LogP contribution < -0.4 is 5.32 Å². The summed E-state index contributed by atoms with van der Waals surface area (Å²) < 4.78 is 7.32. The number of methoxy groups -OCH3 is 1. The summed E-state index contributed by atoms with van der Waals surface area (Å²) in [6, 6.07) is 4.26. The number of ether oxygens (including phenoxy) is 1. The van der Waals surface area contributed by atoms with Gasteiger partial charge in [0.15, 0.2) is 0 Å². The largest absolute Gasteiger partial charge is 0.385 e. The zero-order valence-electron chi connectivity index (χ0n) is 9.12. The highest BCUT2D eigenvalue weighted by molar-refractivity contribution is 5.06. The van der Waals surface area contributed by atoms with E-state index in [1.807, 2.05) is 7.05 Å². The van der Waals surface area contributed by atoms with Crippen molar-refractivity contribution in [3.63, 3.8) is 0 Å². The normalized spacial score (nSPS) is 10.7. The van der Waals surface area contributed by atoms with Gasteiger partial charge in [-0.2, -0.15) is 0 Å². The van der Waals surface area contributed by atoms with Crippen molar-refractivity contribution in [3.05, 3.63) is 24.0 Å². The molecule has 1 N–H and O–H groups in total. The summed E-state index contributed by atoms with van der Waals surface area (Å²) in [5.74, 6) is 0. The maximum atomic E-state index is 5.02. The molecule has 1 rings (SSSR count). The average molecular weight is 196 g/mol. The minimum Gasteiger partial charge on any atom is -0.385 e. The summed E-state index contributed by atoms with van der Waals surface area (Å²) in [7, 11) is 3.73. The first-order valence-corrected chi connectivity index (χ1v) is 5.16. The third-order valence-electron chi connectivity index (χ3n) is 2.28. The number of hydrogen-bond acceptors (Lipinski definition) is 2. The van der Waals surface area contributed by atoms with Gasteiger partial charge in [0.1, 0.15) is 0 Å². The van der Waals surface area contributed by atoms with Crippen LogP contribution in [0.1, 0.15) is 18.5 Å². The van der Waals surface area contributed by atoms with E-state index in [0.717, 1.165) is 26.1 Å². The van der Waals surface area contributed by atoms with Crippen molar-refractivity contribution in [1.82, 2.24) is 9.88 Å². The predicted octanol–water partition coefficient (Wildman–Crippen LogP) is 1.63. The Morgan fingerprint density at radius 3 is 3.00 bits per heavy atom. The zero-order valence-corrected chi connectivity index (χ0v) is 9.12. The molecule has 0 amide bonds. The Hall–Kier alpha value is -0.800. The van der Waals surface area contributed by atoms with Crippen molar-refractivity contribution in [2.75, 3.05) is 20.8 Å². The molecule has 1 aromatic rings. The zero-order chi connectivity index (χ0) is 10.2. The van der Waals surface area contributed by atoms with Crippen LogP contribution in [0.3, 0.4) is 0 Å². The monoisotopic (exact) mass is 196 g/mol. The van der Waals surface area contributed by atoms with Gasteiger partial charge in [-0.15, -0.1) is 0 Å². The lowest BCUT2D eigenvalue weighted by molar-refractivity contribution is 0.191. The standard InChI is InChI=1S/C11H20N2O/c1-12-10-11-6-5-8-13(11)7-3-4-9-14-2/h5-6,8,12H,3-4,7,9-10H2,1-2H3. The fraction of sp³-hybridized carbons (Fsp3) is 0.636. The Morgan fingerprint density at radius 2 is 2.29 bits per heavy atom. The fourth-order valence-electron chi connectivity index (χ4n) is 1.54. The van der Waals surface area contributed by atoms with Crippen molar-refractivity contribution >= 4 is 0 Å². The molecule has 3 heteroatoms. The Balaban J connectivity index is 2.30. The van der Waals surface area contributed by atoms with Gasteiger partial charge in [0.25, 0.3) is 0 Å². The van der Waals surface area contributed by atoms with Gasteiger partial charge in [0, 0.05) is 38.7 Å². The smallest absolute Gasteiger partial charge is 0.0462 e. The molecule has 0 unspecified atom stereocenters. The van der Waals surface area contributed by atoms with Crippen molar-refractivity contribution < 1.29 is 4.74 Å². The number of nitrogens with one attached hydrogen (secondary N) is 1. The Bertz CT molecular complexity index is 245. The lowest BCUT2D eigenvalue weighted by Gasteiger charge is -2.08. The van der Waals surface area contributed by atoms with Crippen LogP contribution in [-0.2, 0) is 17.8 Å². The minimum absolute atomic E-state index is 0.864. The summed E-state index contributed by atoms with van der Waals surface area (Å²) in [5, 5.41) is 3.17. The van der Waals surface area contributed by atoms with Gasteiger partial charge in [-0.05, 0) is 32.0 Å². The molecule has 0 aromatic carbocycles. The summed E-state index contributed by atoms with van der Waals surface area (Å²) in [5.41, 5.74) is 1.35. The van der Waals surface area contributed by atoms with Gasteiger partial charge >= 0.3 is 0 Å². The van der Waals surface area contributed by atoms with E-state index in [2.05, 4.69) is 28.2 Å². The molecule has 0 aliphatic heterocycles. The van der Waals surface area contributed by atoms with Gasteiger partial charge in [0.2, 0.25) is 0 Å². The summed E-state index contributed by atoms with van der Waals surface area (Å²) in [6.45, 7) is 2.90. The third-order valence-corrected chi connectivity index (χ3v) is 2.28. The molecule has 1 heterocycles. The molecule has 0 aliphatic rings. The van der Waals surface area contributed by atoms with Crippen molar-refractivity contribution in [2.45, 2.75) is 25.9 Å². The summed E-state index contributed by atoms with van der Waals surface area (Å²) >= 11 is 0. The second-order valence-electron chi connectivity index (χ2n) is 3.42. The molecule has 0 fully saturated rings. The van der Waals surface area contributed by atoms with Crippen LogP contribution in [0.2, 0.25) is 0 Å². The number of nitrogens with zero attached hydrogens (tertiary/aromatic N) is 1. The molecule has 0 saturated carbocycles. The highest BCUT2D eigenvalue weighted by atomic mass is 16.5. The van der Waals surface area contributed by atoms with E-state index in [-0.39, 0.29) is 0 Å². The van der Waals surface area contributed by atoms with E-state index in [1.165, 1.54) is 12.1 Å². The Morgan fingerprint density at radius 1 is 1.43 bits per heavy atom. The molecule has 0 aliphatic carbocycles. The Kier molecular flexibility index (Phi) is 5.33. The van der Waals surface area contributed by atoms with Crippen molar-refractivity contribution in [3.8, 4) is 0 Å². The van der Waals surface area contributed by atoms with Gasteiger partial charge in [-0.1, -0.05) is 0 Å². The van der Waals surface area contributed by atoms with Crippen LogP contribution in [0, 0.1) is 0 Å². The SMILES string of the molecule is CNCc1cccn1CCCCOC. The maximum Gasteiger partial charge on any atom is 0.0462 e. The van der Waals surface area contributed by atoms with Gasteiger partial charge in [-0.25, -0.2) is 0 Å². The van der Waals surface area contributed by atoms with Crippen LogP contribution in [-0.4, -0.2) is 25.3 Å². The first-order chi connectivity index (χ1) is 6.88. The van der Waals surface area contributed by atoms with Crippen molar-refractivity contribution in [1.29, 1.82) is 0 Å². The van der Waals surface area contributed by atoms with E-state index in [1.54, 1.807) is 7.11 Å². The van der Waals surface area contributed by atoms with Crippen LogP contribution in [0.25, 0.3) is 0 Å². The molecule has 0 spiro atoms. The molecule has 0 saturated heterocycles. The van der Waals surface area contributed by atoms with Crippen LogP contribution in [0.5, 0.6) is 0 Å². The Labute approximate surface area is 86.1 Å². The molecule has 1 aromatic heterocycles. The van der Waals surface area contributed by atoms with Gasteiger partial charge in [0.05, 0.1) is 0 Å². The van der Waals surface area contributed by atoms with E-state index in [4.69, 9.17) is 4.74 Å². The second-order valence-corrected chi connectivity index (χ2v) is 3.42. The van der Waals surface area contributed by atoms with Crippen molar-refractivity contribution in [2.24, 2.45) is 0 Å². The van der Waals surface area contributed by atoms with E-state index in [0.29, 0.717) is 0 Å². The molecule has 80 valence electrons. The molecule has 3 nitrogen and oxygen atoms in total. The number of aromatic nitrogens is 1. The third kappa shape index (κ3) is 3.52. The number of aryl methyl sites for hydroxylation is 1. The summed E-state index contributed by atoms with van der Waals surface area (Å²) in [4.78, 5) is 0. The molecule has 0 atom stereocenters. The lowest BCUT2D eigenvalue weighted by atomic mass is 10.3. The average Bonchev–Trinajstić information content (AvgIpc) is 2.61. The summed E-state index contributed by atoms with van der Waals surface area (Å²) in [6.07, 6.45) is 4.45. The predicted molar refractivity (Wildman–Crippen MR) is 58.3 cm³/mol. The first-order valence-electron chi connectivity index (χ1n) is 5.16. The van der Waals surface area contributed by atoms with E-state index < -0.39 is 0 Å². The van der Waals surface area contributed by atoms with Gasteiger partial charge in [-0.3, -0.25) is 0 Å². The van der Waals surface area contributed by atoms with Gasteiger partial charge < -0.3 is 14.6 Å². The second kappa shape index (κ2) is 6.62. The number of unbranched alkanes of at least 4 members (excludes halogenated alkanes) is 1. The maximum absolute atomic E-state index is 5.02. The quantitative estimate of drug-likeness (QED) is 0.671. The molecular weight excluding hydrogens is 176 g/mol. The topological polar surface area (TPSA) is 26.2 Å². The molecular formula is C11H20N2O. The van der Waals surface area contributed by atoms with E-state index >= 15 is 0 Å². The van der Waals surface area contributed by atoms with E-state index in [9.17, 15) is 0 Å². The molecule has 0 bridgehead atoms. The molecule has 0 radical (unpaired) electrons. The minimum atomic E-state index is 0.864. The molecule has 14 heavy (non-hydrogen) atoms. The first kappa shape index (κ1) is 11.3. The highest BCUT2D eigenvalue weighted by Gasteiger charge is 1.98. The highest BCUT2D eigenvalue weighted by Crippen LogP contribution is 2.04. The van der Waals surface area contributed by atoms with Crippen LogP contribution >= 0.6 is 0 Å². The number of hydrogen-bond donors (Lipinski definition) is 1. The lowest BCUT2D eigenvalue weighted by Crippen LogP contribution is -2.11. The van der Waals surface area contributed by atoms with Crippen LogP contribution in [0.15, 0.2) is 18.3 Å². The van der Waals surface area contributed by atoms with Crippen LogP contribution in [0.4, 0.5) is 0 Å². The number of rotatable bonds is 7. The fourth-order valence-corrected chi connectivity index (χ4v) is 1.54.